The second-order valence-corrected chi connectivity index (χ2v) is 7.04. The lowest BCUT2D eigenvalue weighted by Crippen LogP contribution is -2.46. The molecule has 1 aromatic rings. The Labute approximate surface area is 141 Å². The Balaban J connectivity index is 1.99. The molecule has 1 atom stereocenters. The third kappa shape index (κ3) is 3.32. The zero-order valence-electron chi connectivity index (χ0n) is 11.9. The van der Waals surface area contributed by atoms with E-state index in [4.69, 9.17) is 34.8 Å². The van der Waals surface area contributed by atoms with Crippen molar-refractivity contribution in [3.63, 3.8) is 0 Å². The molecule has 21 heavy (non-hydrogen) atoms. The van der Waals surface area contributed by atoms with E-state index in [1.807, 2.05) is 0 Å². The number of nitrogens with zero attached hydrogens (tertiary/aromatic N) is 2. The standard InChI is InChI=1S/C15H20Cl3N3/c16-11-9-20-15(18)13(17)12(11)14(10-3-1-2-4-10)21-7-5-19-6-8-21/h9-10,14,19H,1-8H2/t14-/m0/s1. The minimum Gasteiger partial charge on any atom is -0.314 e. The zero-order valence-corrected chi connectivity index (χ0v) is 14.2. The van der Waals surface area contributed by atoms with Crippen LogP contribution in [0.25, 0.3) is 0 Å². The van der Waals surface area contributed by atoms with Gasteiger partial charge in [0.1, 0.15) is 5.15 Å². The lowest BCUT2D eigenvalue weighted by Gasteiger charge is -2.39. The molecule has 2 fully saturated rings. The Hall–Kier alpha value is -0.0600. The van der Waals surface area contributed by atoms with Crippen molar-refractivity contribution >= 4 is 34.8 Å². The van der Waals surface area contributed by atoms with E-state index in [2.05, 4.69) is 15.2 Å². The summed E-state index contributed by atoms with van der Waals surface area (Å²) in [5.41, 5.74) is 0.979. The summed E-state index contributed by atoms with van der Waals surface area (Å²) in [5.74, 6) is 0.608. The summed E-state index contributed by atoms with van der Waals surface area (Å²) in [4.78, 5) is 6.57. The van der Waals surface area contributed by atoms with Gasteiger partial charge in [-0.25, -0.2) is 4.98 Å². The van der Waals surface area contributed by atoms with Gasteiger partial charge in [-0.3, -0.25) is 4.90 Å². The van der Waals surface area contributed by atoms with Gasteiger partial charge in [0.05, 0.1) is 10.0 Å². The van der Waals surface area contributed by atoms with Crippen LogP contribution >= 0.6 is 34.8 Å². The SMILES string of the molecule is Clc1cnc(Cl)c(Cl)c1[C@H](C1CCCC1)N1CCNCC1. The minimum absolute atomic E-state index is 0.259. The quantitative estimate of drug-likeness (QED) is 0.831. The molecule has 0 unspecified atom stereocenters. The fourth-order valence-electron chi connectivity index (χ4n) is 3.68. The second-order valence-electron chi connectivity index (χ2n) is 5.90. The van der Waals surface area contributed by atoms with Crippen LogP contribution in [0.3, 0.4) is 0 Å². The van der Waals surface area contributed by atoms with Crippen LogP contribution in [-0.2, 0) is 0 Å². The summed E-state index contributed by atoms with van der Waals surface area (Å²) in [5, 5.41) is 4.93. The van der Waals surface area contributed by atoms with Crippen molar-refractivity contribution in [3.05, 3.63) is 27.0 Å². The average molecular weight is 349 g/mol. The van der Waals surface area contributed by atoms with Gasteiger partial charge < -0.3 is 5.32 Å². The predicted molar refractivity (Wildman–Crippen MR) is 88.4 cm³/mol. The number of halogens is 3. The topological polar surface area (TPSA) is 28.2 Å². The number of rotatable bonds is 3. The molecule has 0 spiro atoms. The third-order valence-electron chi connectivity index (χ3n) is 4.65. The molecule has 1 N–H and O–H groups in total. The molecule has 0 radical (unpaired) electrons. The molecular formula is C15H20Cl3N3. The highest BCUT2D eigenvalue weighted by Crippen LogP contribution is 2.45. The lowest BCUT2D eigenvalue weighted by molar-refractivity contribution is 0.125. The van der Waals surface area contributed by atoms with Gasteiger partial charge >= 0.3 is 0 Å². The van der Waals surface area contributed by atoms with Gasteiger partial charge in [0.25, 0.3) is 0 Å². The first-order valence-corrected chi connectivity index (χ1v) is 8.76. The zero-order chi connectivity index (χ0) is 14.8. The van der Waals surface area contributed by atoms with Gasteiger partial charge in [-0.1, -0.05) is 47.6 Å². The van der Waals surface area contributed by atoms with E-state index >= 15 is 0 Å². The second kappa shape index (κ2) is 7.01. The van der Waals surface area contributed by atoms with Crippen LogP contribution in [0.4, 0.5) is 0 Å². The van der Waals surface area contributed by atoms with E-state index in [9.17, 15) is 0 Å². The van der Waals surface area contributed by atoms with Gasteiger partial charge in [-0.2, -0.15) is 0 Å². The first kappa shape index (κ1) is 15.8. The summed E-state index contributed by atoms with van der Waals surface area (Å²) in [6.07, 6.45) is 6.69. The van der Waals surface area contributed by atoms with Gasteiger partial charge in [-0.05, 0) is 18.8 Å². The van der Waals surface area contributed by atoms with Crippen LogP contribution in [0, 0.1) is 5.92 Å². The smallest absolute Gasteiger partial charge is 0.148 e. The molecule has 6 heteroatoms. The van der Waals surface area contributed by atoms with Gasteiger partial charge in [0.2, 0.25) is 0 Å². The van der Waals surface area contributed by atoms with Crippen LogP contribution in [0.2, 0.25) is 15.2 Å². The monoisotopic (exact) mass is 347 g/mol. The largest absolute Gasteiger partial charge is 0.314 e. The first-order chi connectivity index (χ1) is 10.2. The van der Waals surface area contributed by atoms with E-state index < -0.39 is 0 Å². The molecule has 1 aliphatic heterocycles. The number of nitrogens with one attached hydrogen (secondary N) is 1. The number of pyridine rings is 1. The maximum absolute atomic E-state index is 6.47. The van der Waals surface area contributed by atoms with Crippen LogP contribution in [-0.4, -0.2) is 36.1 Å². The highest BCUT2D eigenvalue weighted by atomic mass is 35.5. The van der Waals surface area contributed by atoms with Crippen molar-refractivity contribution in [1.82, 2.24) is 15.2 Å². The lowest BCUT2D eigenvalue weighted by atomic mass is 9.90. The molecule has 1 saturated heterocycles. The molecule has 0 bridgehead atoms. The normalized spacial score (nSPS) is 22.6. The predicted octanol–water partition coefficient (Wildman–Crippen LogP) is 4.18. The molecular weight excluding hydrogens is 329 g/mol. The molecule has 116 valence electrons. The molecule has 1 saturated carbocycles. The summed E-state index contributed by atoms with van der Waals surface area (Å²) < 4.78 is 0. The highest BCUT2D eigenvalue weighted by Gasteiger charge is 2.35. The number of hydrogen-bond donors (Lipinski definition) is 1. The third-order valence-corrected chi connectivity index (χ3v) is 5.72. The Morgan fingerprint density at radius 1 is 1.14 bits per heavy atom. The van der Waals surface area contributed by atoms with E-state index in [0.717, 1.165) is 31.7 Å². The van der Waals surface area contributed by atoms with Gasteiger partial charge in [0.15, 0.2) is 0 Å². The Morgan fingerprint density at radius 3 is 2.48 bits per heavy atom. The van der Waals surface area contributed by atoms with Gasteiger partial charge in [0, 0.05) is 44.0 Å². The van der Waals surface area contributed by atoms with Crippen LogP contribution < -0.4 is 5.32 Å². The van der Waals surface area contributed by atoms with E-state index in [0.29, 0.717) is 21.1 Å². The van der Waals surface area contributed by atoms with Crippen molar-refractivity contribution in [2.45, 2.75) is 31.7 Å². The van der Waals surface area contributed by atoms with E-state index in [1.165, 1.54) is 25.7 Å². The Bertz CT molecular complexity index is 497. The fourth-order valence-corrected chi connectivity index (χ4v) is 4.39. The summed E-state index contributed by atoms with van der Waals surface area (Å²) in [7, 11) is 0. The molecule has 1 aliphatic carbocycles. The summed E-state index contributed by atoms with van der Waals surface area (Å²) >= 11 is 19.1. The van der Waals surface area contributed by atoms with Crippen molar-refractivity contribution in [1.29, 1.82) is 0 Å². The van der Waals surface area contributed by atoms with Crippen LogP contribution in [0.15, 0.2) is 6.20 Å². The van der Waals surface area contributed by atoms with Crippen molar-refractivity contribution in [3.8, 4) is 0 Å². The molecule has 0 aromatic carbocycles. The fraction of sp³-hybridized carbons (Fsp3) is 0.667. The van der Waals surface area contributed by atoms with Crippen molar-refractivity contribution < 1.29 is 0 Å². The number of aromatic nitrogens is 1. The maximum atomic E-state index is 6.47. The molecule has 1 aromatic heterocycles. The molecule has 2 aliphatic rings. The molecule has 3 nitrogen and oxygen atoms in total. The van der Waals surface area contributed by atoms with Crippen molar-refractivity contribution in [2.75, 3.05) is 26.2 Å². The Kier molecular flexibility index (Phi) is 5.28. The maximum Gasteiger partial charge on any atom is 0.148 e. The number of hydrogen-bond acceptors (Lipinski definition) is 3. The van der Waals surface area contributed by atoms with Crippen LogP contribution in [0.1, 0.15) is 37.3 Å². The minimum atomic E-state index is 0.259. The summed E-state index contributed by atoms with van der Waals surface area (Å²) in [6, 6.07) is 0.259. The van der Waals surface area contributed by atoms with Crippen molar-refractivity contribution in [2.24, 2.45) is 5.92 Å². The highest BCUT2D eigenvalue weighted by molar-refractivity contribution is 6.43. The van der Waals surface area contributed by atoms with Gasteiger partial charge in [-0.15, -0.1) is 0 Å². The number of piperazine rings is 1. The van der Waals surface area contributed by atoms with E-state index in [1.54, 1.807) is 6.20 Å². The van der Waals surface area contributed by atoms with E-state index in [-0.39, 0.29) is 6.04 Å². The molecule has 3 rings (SSSR count). The van der Waals surface area contributed by atoms with Crippen LogP contribution in [0.5, 0.6) is 0 Å². The molecule has 2 heterocycles. The molecule has 0 amide bonds. The average Bonchev–Trinajstić information content (AvgIpc) is 3.02. The Morgan fingerprint density at radius 2 is 1.81 bits per heavy atom. The summed E-state index contributed by atoms with van der Waals surface area (Å²) in [6.45, 7) is 4.07. The first-order valence-electron chi connectivity index (χ1n) is 7.62.